The second-order valence-corrected chi connectivity index (χ2v) is 2.97. The summed E-state index contributed by atoms with van der Waals surface area (Å²) in [5.41, 5.74) is 13.5. The molecule has 0 saturated carbocycles. The van der Waals surface area contributed by atoms with Crippen LogP contribution in [0.2, 0.25) is 0 Å². The smallest absolute Gasteiger partial charge is 0.0738 e. The van der Waals surface area contributed by atoms with Crippen molar-refractivity contribution in [1.29, 1.82) is 0 Å². The average molecular weight is 196 g/mol. The first-order valence-electron chi connectivity index (χ1n) is 4.45. The number of nitrogen functional groups attached to an aromatic ring is 2. The molecular formula is C10H16N2O2. The summed E-state index contributed by atoms with van der Waals surface area (Å²) in [4.78, 5) is 0. The summed E-state index contributed by atoms with van der Waals surface area (Å²) in [6.45, 7) is 1.62. The first kappa shape index (κ1) is 10.8. The van der Waals surface area contributed by atoms with Crippen LogP contribution in [-0.2, 0) is 16.1 Å². The highest BCUT2D eigenvalue weighted by Gasteiger charge is 2.01. The van der Waals surface area contributed by atoms with Crippen molar-refractivity contribution < 1.29 is 9.47 Å². The molecule has 0 saturated heterocycles. The van der Waals surface area contributed by atoms with E-state index >= 15 is 0 Å². The highest BCUT2D eigenvalue weighted by Crippen LogP contribution is 2.19. The molecule has 14 heavy (non-hydrogen) atoms. The number of rotatable bonds is 5. The Morgan fingerprint density at radius 2 is 2.00 bits per heavy atom. The predicted molar refractivity (Wildman–Crippen MR) is 56.8 cm³/mol. The Balaban J connectivity index is 2.46. The van der Waals surface area contributed by atoms with Gasteiger partial charge in [-0.3, -0.25) is 0 Å². The summed E-state index contributed by atoms with van der Waals surface area (Å²) in [5, 5.41) is 0. The number of hydrogen-bond acceptors (Lipinski definition) is 4. The van der Waals surface area contributed by atoms with Crippen molar-refractivity contribution in [2.45, 2.75) is 6.61 Å². The van der Waals surface area contributed by atoms with Gasteiger partial charge in [-0.2, -0.15) is 0 Å². The molecule has 0 fully saturated rings. The minimum atomic E-state index is 0.472. The van der Waals surface area contributed by atoms with E-state index in [1.165, 1.54) is 0 Å². The third-order valence-corrected chi connectivity index (χ3v) is 1.92. The minimum absolute atomic E-state index is 0.472. The number of nitrogens with two attached hydrogens (primary N) is 2. The molecule has 0 aliphatic heterocycles. The Kier molecular flexibility index (Phi) is 4.22. The first-order valence-corrected chi connectivity index (χ1v) is 4.45. The van der Waals surface area contributed by atoms with Crippen molar-refractivity contribution in [3.63, 3.8) is 0 Å². The van der Waals surface area contributed by atoms with Gasteiger partial charge in [0.1, 0.15) is 0 Å². The standard InChI is InChI=1S/C10H16N2O2/c1-13-5-6-14-7-8-3-2-4-9(11)10(8)12/h2-4H,5-7,11-12H2,1H3. The molecule has 0 spiro atoms. The third-order valence-electron chi connectivity index (χ3n) is 1.92. The highest BCUT2D eigenvalue weighted by atomic mass is 16.5. The van der Waals surface area contributed by atoms with Gasteiger partial charge in [0.15, 0.2) is 0 Å². The molecule has 78 valence electrons. The molecule has 4 N–H and O–H groups in total. The average Bonchev–Trinajstić information content (AvgIpc) is 2.19. The van der Waals surface area contributed by atoms with Crippen molar-refractivity contribution in [3.05, 3.63) is 23.8 Å². The van der Waals surface area contributed by atoms with E-state index in [1.807, 2.05) is 12.1 Å². The number of ether oxygens (including phenoxy) is 2. The van der Waals surface area contributed by atoms with E-state index in [9.17, 15) is 0 Å². The number of anilines is 2. The molecule has 0 bridgehead atoms. The molecule has 1 aromatic rings. The number of benzene rings is 1. The predicted octanol–water partition coefficient (Wildman–Crippen LogP) is 1.01. The number of methoxy groups -OCH3 is 1. The van der Waals surface area contributed by atoms with Gasteiger partial charge in [0.2, 0.25) is 0 Å². The van der Waals surface area contributed by atoms with E-state index in [2.05, 4.69) is 0 Å². The lowest BCUT2D eigenvalue weighted by atomic mass is 10.1. The molecule has 0 unspecified atom stereocenters. The molecule has 1 aromatic carbocycles. The number of hydrogen-bond donors (Lipinski definition) is 2. The summed E-state index contributed by atoms with van der Waals surface area (Å²) in [6.07, 6.45) is 0. The Hall–Kier alpha value is -1.26. The van der Waals surface area contributed by atoms with Gasteiger partial charge in [0.05, 0.1) is 31.2 Å². The zero-order valence-electron chi connectivity index (χ0n) is 8.32. The van der Waals surface area contributed by atoms with Gasteiger partial charge in [0, 0.05) is 12.7 Å². The normalized spacial score (nSPS) is 10.4. The number of para-hydroxylation sites is 1. The van der Waals surface area contributed by atoms with Crippen LogP contribution < -0.4 is 11.5 Å². The summed E-state index contributed by atoms with van der Waals surface area (Å²) in [7, 11) is 1.64. The fraction of sp³-hybridized carbons (Fsp3) is 0.400. The van der Waals surface area contributed by atoms with Gasteiger partial charge < -0.3 is 20.9 Å². The van der Waals surface area contributed by atoms with Crippen LogP contribution in [0.5, 0.6) is 0 Å². The van der Waals surface area contributed by atoms with Gasteiger partial charge in [-0.15, -0.1) is 0 Å². The summed E-state index contributed by atoms with van der Waals surface area (Å²) in [6, 6.07) is 5.53. The van der Waals surface area contributed by atoms with Crippen molar-refractivity contribution in [1.82, 2.24) is 0 Å². The minimum Gasteiger partial charge on any atom is -0.397 e. The van der Waals surface area contributed by atoms with Crippen molar-refractivity contribution in [2.24, 2.45) is 0 Å². The van der Waals surface area contributed by atoms with Crippen LogP contribution in [0, 0.1) is 0 Å². The van der Waals surface area contributed by atoms with Crippen LogP contribution in [0.4, 0.5) is 11.4 Å². The van der Waals surface area contributed by atoms with Gasteiger partial charge in [0.25, 0.3) is 0 Å². The first-order chi connectivity index (χ1) is 6.75. The summed E-state index contributed by atoms with van der Waals surface area (Å²) >= 11 is 0. The Morgan fingerprint density at radius 3 is 2.71 bits per heavy atom. The van der Waals surface area contributed by atoms with Gasteiger partial charge in [-0.1, -0.05) is 12.1 Å². The van der Waals surface area contributed by atoms with E-state index in [0.29, 0.717) is 31.2 Å². The Bertz CT molecular complexity index is 289. The maximum atomic E-state index is 5.76. The Labute approximate surface area is 83.8 Å². The van der Waals surface area contributed by atoms with E-state index in [4.69, 9.17) is 20.9 Å². The topological polar surface area (TPSA) is 70.5 Å². The summed E-state index contributed by atoms with van der Waals surface area (Å²) in [5.74, 6) is 0. The third kappa shape index (κ3) is 2.90. The molecule has 4 heteroatoms. The maximum absolute atomic E-state index is 5.76. The van der Waals surface area contributed by atoms with Crippen LogP contribution in [0.1, 0.15) is 5.56 Å². The fourth-order valence-corrected chi connectivity index (χ4v) is 1.08. The second-order valence-electron chi connectivity index (χ2n) is 2.97. The molecule has 0 aliphatic carbocycles. The highest BCUT2D eigenvalue weighted by molar-refractivity contribution is 5.66. The zero-order chi connectivity index (χ0) is 10.4. The van der Waals surface area contributed by atoms with E-state index in [1.54, 1.807) is 13.2 Å². The lowest BCUT2D eigenvalue weighted by Gasteiger charge is -2.08. The lowest BCUT2D eigenvalue weighted by Crippen LogP contribution is -2.05. The van der Waals surface area contributed by atoms with Gasteiger partial charge in [-0.05, 0) is 6.07 Å². The van der Waals surface area contributed by atoms with E-state index in [-0.39, 0.29) is 0 Å². The van der Waals surface area contributed by atoms with E-state index < -0.39 is 0 Å². The van der Waals surface area contributed by atoms with Crippen LogP contribution in [0.25, 0.3) is 0 Å². The molecule has 0 aromatic heterocycles. The van der Waals surface area contributed by atoms with E-state index in [0.717, 1.165) is 5.56 Å². The monoisotopic (exact) mass is 196 g/mol. The molecular weight excluding hydrogens is 180 g/mol. The van der Waals surface area contributed by atoms with Crippen LogP contribution in [0.3, 0.4) is 0 Å². The quantitative estimate of drug-likeness (QED) is 0.544. The molecule has 0 amide bonds. The van der Waals surface area contributed by atoms with Crippen molar-refractivity contribution in [2.75, 3.05) is 31.8 Å². The second kappa shape index (κ2) is 5.47. The molecule has 1 rings (SSSR count). The van der Waals surface area contributed by atoms with Crippen LogP contribution in [0.15, 0.2) is 18.2 Å². The fourth-order valence-electron chi connectivity index (χ4n) is 1.08. The molecule has 0 radical (unpaired) electrons. The van der Waals surface area contributed by atoms with Crippen LogP contribution in [-0.4, -0.2) is 20.3 Å². The Morgan fingerprint density at radius 1 is 1.21 bits per heavy atom. The lowest BCUT2D eigenvalue weighted by molar-refractivity contribution is 0.0619. The molecule has 0 aliphatic rings. The van der Waals surface area contributed by atoms with Gasteiger partial charge >= 0.3 is 0 Å². The van der Waals surface area contributed by atoms with Gasteiger partial charge in [-0.25, -0.2) is 0 Å². The molecule has 0 atom stereocenters. The zero-order valence-corrected chi connectivity index (χ0v) is 8.32. The maximum Gasteiger partial charge on any atom is 0.0738 e. The van der Waals surface area contributed by atoms with Crippen molar-refractivity contribution in [3.8, 4) is 0 Å². The SMILES string of the molecule is COCCOCc1cccc(N)c1N. The largest absolute Gasteiger partial charge is 0.397 e. The molecule has 0 heterocycles. The molecule has 4 nitrogen and oxygen atoms in total. The van der Waals surface area contributed by atoms with Crippen molar-refractivity contribution >= 4 is 11.4 Å². The van der Waals surface area contributed by atoms with Crippen LogP contribution >= 0.6 is 0 Å². The summed E-state index contributed by atoms with van der Waals surface area (Å²) < 4.78 is 10.2.